The molecule has 0 aliphatic carbocycles. The Morgan fingerprint density at radius 1 is 1.09 bits per heavy atom. The van der Waals surface area contributed by atoms with Crippen molar-refractivity contribution >= 4 is 35.4 Å². The Bertz CT molecular complexity index is 1280. The number of halogens is 1. The van der Waals surface area contributed by atoms with E-state index in [0.717, 1.165) is 5.56 Å². The summed E-state index contributed by atoms with van der Waals surface area (Å²) < 4.78 is 16.0. The van der Waals surface area contributed by atoms with Crippen molar-refractivity contribution in [2.24, 2.45) is 5.10 Å². The van der Waals surface area contributed by atoms with Gasteiger partial charge in [0.05, 0.1) is 23.8 Å². The number of rotatable bonds is 9. The molecule has 0 heterocycles. The van der Waals surface area contributed by atoms with Crippen molar-refractivity contribution in [3.63, 3.8) is 0 Å². The van der Waals surface area contributed by atoms with Crippen molar-refractivity contribution in [3.8, 4) is 17.2 Å². The summed E-state index contributed by atoms with van der Waals surface area (Å²) in [5, 5.41) is 15.2. The summed E-state index contributed by atoms with van der Waals surface area (Å²) in [6.45, 7) is 1.59. The molecular formula is C24H20ClN3O7. The minimum atomic E-state index is -0.706. The molecule has 0 aromatic heterocycles. The molecule has 0 atom stereocenters. The number of hydrogen-bond donors (Lipinski definition) is 1. The van der Waals surface area contributed by atoms with Crippen LogP contribution in [-0.4, -0.2) is 36.7 Å². The number of nitrogens with zero attached hydrogens (tertiary/aromatic N) is 2. The first-order valence-corrected chi connectivity index (χ1v) is 10.5. The van der Waals surface area contributed by atoms with Crippen molar-refractivity contribution in [1.82, 2.24) is 5.43 Å². The average Bonchev–Trinajstić information content (AvgIpc) is 2.85. The predicted octanol–water partition coefficient (Wildman–Crippen LogP) is 4.31. The monoisotopic (exact) mass is 497 g/mol. The van der Waals surface area contributed by atoms with Crippen molar-refractivity contribution in [3.05, 3.63) is 92.5 Å². The summed E-state index contributed by atoms with van der Waals surface area (Å²) in [6, 6.07) is 14.7. The summed E-state index contributed by atoms with van der Waals surface area (Å²) in [6.07, 6.45) is 1.38. The summed E-state index contributed by atoms with van der Waals surface area (Å²) in [4.78, 5) is 34.5. The fourth-order valence-corrected chi connectivity index (χ4v) is 2.91. The molecule has 0 aliphatic heterocycles. The molecule has 0 fully saturated rings. The zero-order valence-corrected chi connectivity index (χ0v) is 19.4. The molecule has 3 aromatic rings. The van der Waals surface area contributed by atoms with Crippen molar-refractivity contribution in [2.45, 2.75) is 6.92 Å². The third kappa shape index (κ3) is 7.02. The zero-order chi connectivity index (χ0) is 25.4. The molecule has 1 amide bonds. The molecular weight excluding hydrogens is 478 g/mol. The van der Waals surface area contributed by atoms with Gasteiger partial charge in [0, 0.05) is 17.2 Å². The van der Waals surface area contributed by atoms with Crippen molar-refractivity contribution in [1.29, 1.82) is 0 Å². The Morgan fingerprint density at radius 2 is 1.83 bits per heavy atom. The van der Waals surface area contributed by atoms with Crippen LogP contribution >= 0.6 is 11.6 Å². The number of methoxy groups -OCH3 is 1. The maximum Gasteiger partial charge on any atom is 0.343 e. The zero-order valence-electron chi connectivity index (χ0n) is 18.7. The van der Waals surface area contributed by atoms with Crippen molar-refractivity contribution in [2.75, 3.05) is 13.7 Å². The highest BCUT2D eigenvalue weighted by molar-refractivity contribution is 6.31. The number of nitrogens with one attached hydrogen (secondary N) is 1. The molecule has 11 heteroatoms. The topological polar surface area (TPSA) is 129 Å². The van der Waals surface area contributed by atoms with Crippen LogP contribution < -0.4 is 19.6 Å². The molecule has 0 unspecified atom stereocenters. The van der Waals surface area contributed by atoms with Crippen LogP contribution in [0.3, 0.4) is 0 Å². The lowest BCUT2D eigenvalue weighted by Crippen LogP contribution is -2.24. The molecule has 0 spiro atoms. The van der Waals surface area contributed by atoms with Gasteiger partial charge >= 0.3 is 5.97 Å². The van der Waals surface area contributed by atoms with Gasteiger partial charge in [-0.3, -0.25) is 14.9 Å². The summed E-state index contributed by atoms with van der Waals surface area (Å²) in [5.74, 6) is -0.271. The normalized spacial score (nSPS) is 10.6. The largest absolute Gasteiger partial charge is 0.493 e. The second kappa shape index (κ2) is 11.6. The van der Waals surface area contributed by atoms with Gasteiger partial charge in [-0.25, -0.2) is 10.2 Å². The number of carbonyl (C=O) groups excluding carboxylic acids is 2. The molecule has 0 bridgehead atoms. The number of aryl methyl sites for hydroxylation is 1. The minimum Gasteiger partial charge on any atom is -0.493 e. The van der Waals surface area contributed by atoms with Gasteiger partial charge in [-0.1, -0.05) is 11.6 Å². The number of carbonyl (C=O) groups is 2. The number of amides is 1. The van der Waals surface area contributed by atoms with Crippen LogP contribution in [0.25, 0.3) is 0 Å². The quantitative estimate of drug-likeness (QED) is 0.153. The van der Waals surface area contributed by atoms with Crippen molar-refractivity contribution < 1.29 is 28.7 Å². The minimum absolute atomic E-state index is 0.137. The molecule has 0 saturated carbocycles. The van der Waals surface area contributed by atoms with E-state index in [2.05, 4.69) is 10.5 Å². The van der Waals surface area contributed by atoms with Crippen LogP contribution in [-0.2, 0) is 4.79 Å². The first-order valence-electron chi connectivity index (χ1n) is 10.1. The van der Waals surface area contributed by atoms with E-state index >= 15 is 0 Å². The summed E-state index contributed by atoms with van der Waals surface area (Å²) in [7, 11) is 1.40. The van der Waals surface area contributed by atoms with Crippen LogP contribution in [0.15, 0.2) is 65.8 Å². The van der Waals surface area contributed by atoms with Gasteiger partial charge in [-0.05, 0) is 66.6 Å². The summed E-state index contributed by atoms with van der Waals surface area (Å²) in [5.41, 5.74) is 3.75. The molecule has 1 N–H and O–H groups in total. The number of hydrogen-bond acceptors (Lipinski definition) is 8. The Labute approximate surface area is 205 Å². The standard InChI is InChI=1S/C24H20ClN3O7/c1-15-11-19(8-9-20(15)25)34-14-23(29)27-26-13-16-3-10-21(22(12-16)33-2)35-24(30)17-4-6-18(7-5-17)28(31)32/h3-13H,14H2,1-2H3,(H,27,29)/b26-13-. The molecule has 0 aliphatic rings. The third-order valence-electron chi connectivity index (χ3n) is 4.61. The fourth-order valence-electron chi connectivity index (χ4n) is 2.79. The van der Waals surface area contributed by atoms with E-state index in [0.29, 0.717) is 16.3 Å². The first kappa shape index (κ1) is 25.2. The summed E-state index contributed by atoms with van der Waals surface area (Å²) >= 11 is 5.96. The SMILES string of the molecule is COc1cc(/C=N\NC(=O)COc2ccc(Cl)c(C)c2)ccc1OC(=O)c1ccc([N+](=O)[O-])cc1. The first-order chi connectivity index (χ1) is 16.8. The number of non-ortho nitro benzene ring substituents is 1. The highest BCUT2D eigenvalue weighted by Crippen LogP contribution is 2.28. The Kier molecular flexibility index (Phi) is 8.36. The van der Waals surface area contributed by atoms with Crippen LogP contribution in [0.5, 0.6) is 17.2 Å². The van der Waals surface area contributed by atoms with Gasteiger partial charge in [0.2, 0.25) is 0 Å². The van der Waals surface area contributed by atoms with E-state index in [4.69, 9.17) is 25.8 Å². The molecule has 180 valence electrons. The van der Waals surface area contributed by atoms with Gasteiger partial charge in [-0.2, -0.15) is 5.10 Å². The van der Waals surface area contributed by atoms with E-state index in [1.54, 1.807) is 30.3 Å². The molecule has 0 radical (unpaired) electrons. The molecule has 3 aromatic carbocycles. The third-order valence-corrected chi connectivity index (χ3v) is 5.03. The second-order valence-corrected chi connectivity index (χ2v) is 7.50. The van der Waals surface area contributed by atoms with Gasteiger partial charge in [0.1, 0.15) is 5.75 Å². The highest BCUT2D eigenvalue weighted by Gasteiger charge is 2.14. The van der Waals surface area contributed by atoms with E-state index in [9.17, 15) is 19.7 Å². The van der Waals surface area contributed by atoms with E-state index in [1.165, 1.54) is 43.7 Å². The lowest BCUT2D eigenvalue weighted by Gasteiger charge is -2.10. The van der Waals surface area contributed by atoms with E-state index < -0.39 is 16.8 Å². The van der Waals surface area contributed by atoms with Gasteiger partial charge < -0.3 is 14.2 Å². The maximum absolute atomic E-state index is 12.4. The number of hydrazone groups is 1. The van der Waals surface area contributed by atoms with Gasteiger partial charge in [0.15, 0.2) is 18.1 Å². The molecule has 0 saturated heterocycles. The second-order valence-electron chi connectivity index (χ2n) is 7.10. The van der Waals surface area contributed by atoms with Crippen LogP contribution in [0.4, 0.5) is 5.69 Å². The van der Waals surface area contributed by atoms with E-state index in [1.807, 2.05) is 6.92 Å². The lowest BCUT2D eigenvalue weighted by atomic mass is 10.2. The Balaban J connectivity index is 1.56. The van der Waals surface area contributed by atoms with E-state index in [-0.39, 0.29) is 29.4 Å². The maximum atomic E-state index is 12.4. The van der Waals surface area contributed by atoms with Gasteiger partial charge in [0.25, 0.3) is 11.6 Å². The predicted molar refractivity (Wildman–Crippen MR) is 128 cm³/mol. The lowest BCUT2D eigenvalue weighted by molar-refractivity contribution is -0.384. The number of ether oxygens (including phenoxy) is 3. The highest BCUT2D eigenvalue weighted by atomic mass is 35.5. The Morgan fingerprint density at radius 3 is 2.49 bits per heavy atom. The van der Waals surface area contributed by atoms with Crippen LogP contribution in [0.1, 0.15) is 21.5 Å². The molecule has 35 heavy (non-hydrogen) atoms. The van der Waals surface area contributed by atoms with Crippen LogP contribution in [0, 0.1) is 17.0 Å². The number of esters is 1. The molecule has 3 rings (SSSR count). The molecule has 10 nitrogen and oxygen atoms in total. The fraction of sp³-hybridized carbons (Fsp3) is 0.125. The average molecular weight is 498 g/mol. The Hall–Kier alpha value is -4.44. The number of nitro benzene ring substituents is 1. The van der Waals surface area contributed by atoms with Gasteiger partial charge in [-0.15, -0.1) is 0 Å². The van der Waals surface area contributed by atoms with Crippen LogP contribution in [0.2, 0.25) is 5.02 Å². The smallest absolute Gasteiger partial charge is 0.343 e. The number of benzene rings is 3. The number of nitro groups is 1.